The van der Waals surface area contributed by atoms with Crippen molar-refractivity contribution in [3.63, 3.8) is 0 Å². The molecule has 2 amide bonds. The van der Waals surface area contributed by atoms with Gasteiger partial charge in [-0.2, -0.15) is 0 Å². The summed E-state index contributed by atoms with van der Waals surface area (Å²) in [5.74, 6) is 0.657. The van der Waals surface area contributed by atoms with E-state index in [-0.39, 0.29) is 11.8 Å². The van der Waals surface area contributed by atoms with Crippen LogP contribution in [0.4, 0.5) is 14.9 Å². The lowest BCUT2D eigenvalue weighted by atomic mass is 10.1. The van der Waals surface area contributed by atoms with Crippen LogP contribution in [0, 0.1) is 19.7 Å². The Morgan fingerprint density at radius 1 is 1.04 bits per heavy atom. The van der Waals surface area contributed by atoms with Gasteiger partial charge in [0.25, 0.3) is 0 Å². The number of para-hydroxylation sites is 2. The summed E-state index contributed by atoms with van der Waals surface area (Å²) in [5.41, 5.74) is 2.77. The zero-order valence-electron chi connectivity index (χ0n) is 15.9. The summed E-state index contributed by atoms with van der Waals surface area (Å²) in [6, 6.07) is 12.7. The van der Waals surface area contributed by atoms with Gasteiger partial charge in [-0.1, -0.05) is 30.3 Å². The van der Waals surface area contributed by atoms with E-state index in [1.54, 1.807) is 17.0 Å². The zero-order valence-corrected chi connectivity index (χ0v) is 15.9. The third-order valence-corrected chi connectivity index (χ3v) is 4.79. The van der Waals surface area contributed by atoms with Crippen LogP contribution in [0.3, 0.4) is 0 Å². The minimum atomic E-state index is -0.223. The minimum Gasteiger partial charge on any atom is -0.491 e. The van der Waals surface area contributed by atoms with Crippen molar-refractivity contribution in [1.82, 2.24) is 10.2 Å². The van der Waals surface area contributed by atoms with E-state index in [1.165, 1.54) is 6.07 Å². The first kappa shape index (κ1) is 19.0. The maximum Gasteiger partial charge on any atom is 0.317 e. The standard InChI is InChI=1S/C21H26FN3O2/c1-16-6-5-7-17(2)20(16)27-15-10-23-21(26)25-13-11-24(12-14-25)19-9-4-3-8-18(19)22/h3-9H,10-15H2,1-2H3,(H,23,26). The van der Waals surface area contributed by atoms with Crippen molar-refractivity contribution in [3.05, 3.63) is 59.4 Å². The summed E-state index contributed by atoms with van der Waals surface area (Å²) in [6.07, 6.45) is 0. The second kappa shape index (κ2) is 8.75. The molecule has 2 aromatic rings. The second-order valence-electron chi connectivity index (χ2n) is 6.73. The van der Waals surface area contributed by atoms with Crippen molar-refractivity contribution in [2.45, 2.75) is 13.8 Å². The molecule has 1 fully saturated rings. The van der Waals surface area contributed by atoms with Crippen LogP contribution in [0.15, 0.2) is 42.5 Å². The maximum absolute atomic E-state index is 13.9. The second-order valence-corrected chi connectivity index (χ2v) is 6.73. The molecule has 0 radical (unpaired) electrons. The van der Waals surface area contributed by atoms with Gasteiger partial charge in [-0.15, -0.1) is 0 Å². The van der Waals surface area contributed by atoms with Gasteiger partial charge >= 0.3 is 6.03 Å². The molecule has 1 aliphatic rings. The highest BCUT2D eigenvalue weighted by Crippen LogP contribution is 2.22. The fourth-order valence-electron chi connectivity index (χ4n) is 3.31. The summed E-state index contributed by atoms with van der Waals surface area (Å²) in [6.45, 7) is 7.26. The number of hydrogen-bond donors (Lipinski definition) is 1. The molecule has 0 atom stereocenters. The molecule has 3 rings (SSSR count). The van der Waals surface area contributed by atoms with Crippen molar-refractivity contribution in [2.75, 3.05) is 44.2 Å². The number of rotatable bonds is 5. The summed E-state index contributed by atoms with van der Waals surface area (Å²) in [5, 5.41) is 2.90. The van der Waals surface area contributed by atoms with Gasteiger partial charge in [-0.25, -0.2) is 9.18 Å². The van der Waals surface area contributed by atoms with E-state index < -0.39 is 0 Å². The molecule has 0 saturated carbocycles. The number of amides is 2. The van der Waals surface area contributed by atoms with E-state index >= 15 is 0 Å². The van der Waals surface area contributed by atoms with Gasteiger partial charge in [0, 0.05) is 26.2 Å². The fraction of sp³-hybridized carbons (Fsp3) is 0.381. The molecule has 1 heterocycles. The van der Waals surface area contributed by atoms with E-state index in [0.29, 0.717) is 45.0 Å². The molecule has 2 aromatic carbocycles. The van der Waals surface area contributed by atoms with Gasteiger partial charge in [0.15, 0.2) is 0 Å². The Labute approximate surface area is 159 Å². The minimum absolute atomic E-state index is 0.103. The topological polar surface area (TPSA) is 44.8 Å². The maximum atomic E-state index is 13.9. The van der Waals surface area contributed by atoms with Crippen molar-refractivity contribution in [2.24, 2.45) is 0 Å². The van der Waals surface area contributed by atoms with Gasteiger partial charge in [0.05, 0.1) is 12.2 Å². The Morgan fingerprint density at radius 2 is 1.70 bits per heavy atom. The Morgan fingerprint density at radius 3 is 2.37 bits per heavy atom. The van der Waals surface area contributed by atoms with Crippen LogP contribution in [-0.4, -0.2) is 50.3 Å². The predicted octanol–water partition coefficient (Wildman–Crippen LogP) is 3.35. The molecule has 27 heavy (non-hydrogen) atoms. The van der Waals surface area contributed by atoms with Crippen molar-refractivity contribution < 1.29 is 13.9 Å². The van der Waals surface area contributed by atoms with Gasteiger partial charge in [-0.05, 0) is 37.1 Å². The lowest BCUT2D eigenvalue weighted by Crippen LogP contribution is -2.52. The predicted molar refractivity (Wildman–Crippen MR) is 105 cm³/mol. The number of carbonyl (C=O) groups excluding carboxylic acids is 1. The highest BCUT2D eigenvalue weighted by atomic mass is 19.1. The van der Waals surface area contributed by atoms with E-state index in [4.69, 9.17) is 4.74 Å². The highest BCUT2D eigenvalue weighted by molar-refractivity contribution is 5.74. The number of urea groups is 1. The number of benzene rings is 2. The monoisotopic (exact) mass is 371 g/mol. The summed E-state index contributed by atoms with van der Waals surface area (Å²) in [4.78, 5) is 16.1. The molecule has 0 aliphatic carbocycles. The molecule has 6 heteroatoms. The van der Waals surface area contributed by atoms with E-state index in [1.807, 2.05) is 43.0 Å². The third-order valence-electron chi connectivity index (χ3n) is 4.79. The third kappa shape index (κ3) is 4.70. The Balaban J connectivity index is 1.42. The van der Waals surface area contributed by atoms with Crippen LogP contribution in [0.25, 0.3) is 0 Å². The first-order valence-corrected chi connectivity index (χ1v) is 9.27. The first-order valence-electron chi connectivity index (χ1n) is 9.27. The van der Waals surface area contributed by atoms with Gasteiger partial charge in [-0.3, -0.25) is 0 Å². The van der Waals surface area contributed by atoms with Gasteiger partial charge in [0.1, 0.15) is 18.2 Å². The molecule has 0 bridgehead atoms. The number of halogens is 1. The molecule has 1 saturated heterocycles. The lowest BCUT2D eigenvalue weighted by Gasteiger charge is -2.36. The number of anilines is 1. The van der Waals surface area contributed by atoms with Gasteiger partial charge in [0.2, 0.25) is 0 Å². The summed E-state index contributed by atoms with van der Waals surface area (Å²) < 4.78 is 19.7. The van der Waals surface area contributed by atoms with Crippen molar-refractivity contribution in [3.8, 4) is 5.75 Å². The Kier molecular flexibility index (Phi) is 6.16. The quantitative estimate of drug-likeness (QED) is 0.820. The highest BCUT2D eigenvalue weighted by Gasteiger charge is 2.22. The number of aryl methyl sites for hydroxylation is 2. The molecule has 5 nitrogen and oxygen atoms in total. The number of carbonyl (C=O) groups is 1. The molecule has 0 spiro atoms. The average molecular weight is 371 g/mol. The van der Waals surface area contributed by atoms with Crippen LogP contribution in [0.5, 0.6) is 5.75 Å². The van der Waals surface area contributed by atoms with Crippen molar-refractivity contribution >= 4 is 11.7 Å². The number of nitrogens with one attached hydrogen (secondary N) is 1. The normalized spacial score (nSPS) is 14.2. The smallest absolute Gasteiger partial charge is 0.317 e. The summed E-state index contributed by atoms with van der Waals surface area (Å²) in [7, 11) is 0. The van der Waals surface area contributed by atoms with Crippen LogP contribution < -0.4 is 15.0 Å². The van der Waals surface area contributed by atoms with Crippen LogP contribution in [-0.2, 0) is 0 Å². The van der Waals surface area contributed by atoms with Gasteiger partial charge < -0.3 is 19.9 Å². The lowest BCUT2D eigenvalue weighted by molar-refractivity contribution is 0.191. The molecule has 1 N–H and O–H groups in total. The Hall–Kier alpha value is -2.76. The molecule has 144 valence electrons. The number of nitrogens with zero attached hydrogens (tertiary/aromatic N) is 2. The molecule has 0 unspecified atom stereocenters. The van der Waals surface area contributed by atoms with Crippen LogP contribution in [0.2, 0.25) is 0 Å². The largest absolute Gasteiger partial charge is 0.491 e. The molecule has 0 aromatic heterocycles. The average Bonchev–Trinajstić information content (AvgIpc) is 2.67. The number of piperazine rings is 1. The molecular formula is C21H26FN3O2. The van der Waals surface area contributed by atoms with E-state index in [2.05, 4.69) is 5.32 Å². The zero-order chi connectivity index (χ0) is 19.2. The van der Waals surface area contributed by atoms with E-state index in [0.717, 1.165) is 16.9 Å². The fourth-order valence-corrected chi connectivity index (χ4v) is 3.31. The number of hydrogen-bond acceptors (Lipinski definition) is 3. The Bertz CT molecular complexity index is 768. The van der Waals surface area contributed by atoms with Crippen LogP contribution >= 0.6 is 0 Å². The van der Waals surface area contributed by atoms with Crippen LogP contribution in [0.1, 0.15) is 11.1 Å². The number of ether oxygens (including phenoxy) is 1. The molecule has 1 aliphatic heterocycles. The summed E-state index contributed by atoms with van der Waals surface area (Å²) >= 11 is 0. The SMILES string of the molecule is Cc1cccc(C)c1OCCNC(=O)N1CCN(c2ccccc2F)CC1. The molecular weight excluding hydrogens is 345 g/mol. The van der Waals surface area contributed by atoms with Crippen molar-refractivity contribution in [1.29, 1.82) is 0 Å². The first-order chi connectivity index (χ1) is 13.1. The van der Waals surface area contributed by atoms with E-state index in [9.17, 15) is 9.18 Å².